The molecule has 4 rings (SSSR count). The normalized spacial score (nSPS) is 20.1. The van der Waals surface area contributed by atoms with Gasteiger partial charge >= 0.3 is 7.60 Å². The van der Waals surface area contributed by atoms with E-state index in [4.69, 9.17) is 22.9 Å². The molecular weight excluding hydrogens is 539 g/mol. The molecule has 1 unspecified atom stereocenters. The Morgan fingerprint density at radius 3 is 1.73 bits per heavy atom. The van der Waals surface area contributed by atoms with Crippen LogP contribution in [0.3, 0.4) is 0 Å². The Kier molecular flexibility index (Phi) is 10.6. The maximum absolute atomic E-state index is 14.1. The smallest absolute Gasteiger partial charge is 0.331 e. The fourth-order valence-corrected chi connectivity index (χ4v) is 6.75. The summed E-state index contributed by atoms with van der Waals surface area (Å²) in [6.45, 7) is 12.0. The van der Waals surface area contributed by atoms with Gasteiger partial charge in [0, 0.05) is 5.56 Å². The fourth-order valence-electron chi connectivity index (χ4n) is 4.15. The van der Waals surface area contributed by atoms with Crippen molar-refractivity contribution in [3.63, 3.8) is 0 Å². The second-order valence-corrected chi connectivity index (χ2v) is 18.8. The lowest BCUT2D eigenvalue weighted by molar-refractivity contribution is -0.0732. The van der Waals surface area contributed by atoms with Crippen LogP contribution in [0.5, 0.6) is 0 Å². The molecule has 1 heterocycles. The van der Waals surface area contributed by atoms with Gasteiger partial charge in [0.25, 0.3) is 0 Å². The van der Waals surface area contributed by atoms with Gasteiger partial charge in [-0.1, -0.05) is 112 Å². The summed E-state index contributed by atoms with van der Waals surface area (Å²) in [5, 5.41) is 0.0764. The topological polar surface area (TPSA) is 63.2 Å². The van der Waals surface area contributed by atoms with Crippen molar-refractivity contribution in [2.45, 2.75) is 77.0 Å². The van der Waals surface area contributed by atoms with Crippen LogP contribution in [-0.2, 0) is 40.7 Å². The standard InChI is InChI=1S/C32H43O6PSi/c1-32(2,3)40(4,5)36-25-30-29(37-31(38-30)28-19-13-8-14-20-28)21-22-39(33,34-23-26-15-9-6-10-16-26)35-24-27-17-11-7-12-18-27/h6-20,29-31H,21-25H2,1-5H3/t29-,30-,31?/m0/s1. The van der Waals surface area contributed by atoms with E-state index in [1.165, 1.54) is 0 Å². The number of benzene rings is 3. The van der Waals surface area contributed by atoms with E-state index in [2.05, 4.69) is 33.9 Å². The van der Waals surface area contributed by atoms with Gasteiger partial charge in [0.1, 0.15) is 6.10 Å². The Labute approximate surface area is 240 Å². The largest absolute Gasteiger partial charge is 0.414 e. The van der Waals surface area contributed by atoms with E-state index in [1.54, 1.807) is 0 Å². The quantitative estimate of drug-likeness (QED) is 0.149. The fraction of sp³-hybridized carbons (Fsp3) is 0.438. The van der Waals surface area contributed by atoms with Crippen LogP contribution >= 0.6 is 7.60 Å². The molecule has 40 heavy (non-hydrogen) atoms. The molecule has 0 aliphatic carbocycles. The highest BCUT2D eigenvalue weighted by atomic mass is 31.2. The third-order valence-electron chi connectivity index (χ3n) is 7.73. The highest BCUT2D eigenvalue weighted by molar-refractivity contribution is 7.53. The molecular formula is C32H43O6PSi. The molecule has 216 valence electrons. The second-order valence-electron chi connectivity index (χ2n) is 11.8. The Hall–Kier alpha value is -2.09. The third-order valence-corrected chi connectivity index (χ3v) is 14.1. The predicted molar refractivity (Wildman–Crippen MR) is 162 cm³/mol. The summed E-state index contributed by atoms with van der Waals surface area (Å²) in [5.41, 5.74) is 2.83. The number of ether oxygens (including phenoxy) is 2. The molecule has 0 amide bonds. The molecule has 1 fully saturated rings. The van der Waals surface area contributed by atoms with Gasteiger partial charge in [0.2, 0.25) is 0 Å². The van der Waals surface area contributed by atoms with Gasteiger partial charge in [0.05, 0.1) is 32.1 Å². The van der Waals surface area contributed by atoms with Crippen molar-refractivity contribution < 1.29 is 27.5 Å². The molecule has 1 aliphatic heterocycles. The minimum atomic E-state index is -3.47. The SMILES string of the molecule is CC(C)(C)[Si](C)(C)OC[C@@H]1OC(c2ccccc2)O[C@H]1CCP(=O)(OCc1ccccc1)OCc1ccccc1. The lowest BCUT2D eigenvalue weighted by Gasteiger charge is -2.37. The summed E-state index contributed by atoms with van der Waals surface area (Å²) < 4.78 is 45.4. The number of rotatable bonds is 13. The average molecular weight is 583 g/mol. The van der Waals surface area contributed by atoms with Crippen LogP contribution in [0.15, 0.2) is 91.0 Å². The van der Waals surface area contributed by atoms with E-state index in [0.717, 1.165) is 16.7 Å². The number of hydrogen-bond donors (Lipinski definition) is 0. The van der Waals surface area contributed by atoms with E-state index >= 15 is 0 Å². The van der Waals surface area contributed by atoms with Crippen molar-refractivity contribution in [1.29, 1.82) is 0 Å². The molecule has 1 aliphatic rings. The Morgan fingerprint density at radius 1 is 0.750 bits per heavy atom. The first-order chi connectivity index (χ1) is 19.0. The molecule has 3 aromatic carbocycles. The van der Waals surface area contributed by atoms with Crippen LogP contribution in [0.1, 0.15) is 50.2 Å². The molecule has 0 spiro atoms. The second kappa shape index (κ2) is 13.7. The zero-order chi connectivity index (χ0) is 28.6. The summed E-state index contributed by atoms with van der Waals surface area (Å²) in [5.74, 6) is 0. The molecule has 3 aromatic rings. The van der Waals surface area contributed by atoms with Crippen LogP contribution in [-0.4, -0.2) is 33.3 Å². The molecule has 0 aromatic heterocycles. The summed E-state index contributed by atoms with van der Waals surface area (Å²) in [4.78, 5) is 0. The summed E-state index contributed by atoms with van der Waals surface area (Å²) >= 11 is 0. The molecule has 0 N–H and O–H groups in total. The number of hydrogen-bond acceptors (Lipinski definition) is 6. The summed E-state index contributed by atoms with van der Waals surface area (Å²) in [6, 6.07) is 29.4. The van der Waals surface area contributed by atoms with Crippen molar-refractivity contribution in [2.24, 2.45) is 0 Å². The molecule has 6 nitrogen and oxygen atoms in total. The highest BCUT2D eigenvalue weighted by Crippen LogP contribution is 2.51. The van der Waals surface area contributed by atoms with Crippen LogP contribution in [0.25, 0.3) is 0 Å². The lowest BCUT2D eigenvalue weighted by atomic mass is 10.2. The van der Waals surface area contributed by atoms with E-state index < -0.39 is 22.2 Å². The van der Waals surface area contributed by atoms with Gasteiger partial charge in [-0.15, -0.1) is 0 Å². The van der Waals surface area contributed by atoms with Crippen molar-refractivity contribution in [2.75, 3.05) is 12.8 Å². The van der Waals surface area contributed by atoms with E-state index in [0.29, 0.717) is 13.0 Å². The first-order valence-corrected chi connectivity index (χ1v) is 18.6. The average Bonchev–Trinajstić information content (AvgIpc) is 3.37. The van der Waals surface area contributed by atoms with Gasteiger partial charge in [-0.2, -0.15) is 0 Å². The van der Waals surface area contributed by atoms with Crippen LogP contribution < -0.4 is 0 Å². The van der Waals surface area contributed by atoms with E-state index in [1.807, 2.05) is 91.0 Å². The van der Waals surface area contributed by atoms with Crippen molar-refractivity contribution >= 4 is 15.9 Å². The van der Waals surface area contributed by atoms with Crippen molar-refractivity contribution in [3.05, 3.63) is 108 Å². The maximum atomic E-state index is 14.1. The molecule has 0 saturated carbocycles. The van der Waals surface area contributed by atoms with E-state index in [9.17, 15) is 4.57 Å². The molecule has 8 heteroatoms. The predicted octanol–water partition coefficient (Wildman–Crippen LogP) is 8.51. The third kappa shape index (κ3) is 8.70. The zero-order valence-corrected chi connectivity index (χ0v) is 26.2. The summed E-state index contributed by atoms with van der Waals surface area (Å²) in [7, 11) is -5.47. The Balaban J connectivity index is 1.47. The first kappa shape index (κ1) is 30.9. The van der Waals surface area contributed by atoms with Crippen LogP contribution in [0.2, 0.25) is 18.1 Å². The Morgan fingerprint density at radius 2 is 1.23 bits per heavy atom. The van der Waals surface area contributed by atoms with Gasteiger partial charge in [-0.25, -0.2) is 0 Å². The molecule has 1 saturated heterocycles. The molecule has 3 atom stereocenters. The molecule has 0 bridgehead atoms. The minimum Gasteiger partial charge on any atom is -0.414 e. The lowest BCUT2D eigenvalue weighted by Crippen LogP contribution is -2.44. The van der Waals surface area contributed by atoms with Crippen molar-refractivity contribution in [3.8, 4) is 0 Å². The van der Waals surface area contributed by atoms with Gasteiger partial charge in [-0.3, -0.25) is 4.57 Å². The van der Waals surface area contributed by atoms with E-state index in [-0.39, 0.29) is 36.6 Å². The monoisotopic (exact) mass is 582 g/mol. The van der Waals surface area contributed by atoms with Gasteiger partial charge < -0.3 is 22.9 Å². The summed E-state index contributed by atoms with van der Waals surface area (Å²) in [6.07, 6.45) is -0.455. The maximum Gasteiger partial charge on any atom is 0.331 e. The van der Waals surface area contributed by atoms with Gasteiger partial charge in [-0.05, 0) is 35.7 Å². The van der Waals surface area contributed by atoms with Crippen molar-refractivity contribution in [1.82, 2.24) is 0 Å². The molecule has 0 radical (unpaired) electrons. The minimum absolute atomic E-state index is 0.0764. The Bertz CT molecular complexity index is 1170. The zero-order valence-electron chi connectivity index (χ0n) is 24.3. The van der Waals surface area contributed by atoms with Crippen LogP contribution in [0, 0.1) is 0 Å². The van der Waals surface area contributed by atoms with Crippen LogP contribution in [0.4, 0.5) is 0 Å². The first-order valence-electron chi connectivity index (χ1n) is 14.0. The van der Waals surface area contributed by atoms with Gasteiger partial charge in [0.15, 0.2) is 14.6 Å². The highest BCUT2D eigenvalue weighted by Gasteiger charge is 2.42.